The number of nitrogens with zero attached hydrogens (tertiary/aromatic N) is 1. The summed E-state index contributed by atoms with van der Waals surface area (Å²) in [6, 6.07) is 5.97. The van der Waals surface area contributed by atoms with E-state index in [1.807, 2.05) is 38.1 Å². The van der Waals surface area contributed by atoms with E-state index in [2.05, 4.69) is 31.1 Å². The minimum atomic E-state index is -0.827. The highest BCUT2D eigenvalue weighted by Gasteiger charge is 2.37. The molecule has 0 aromatic heterocycles. The Morgan fingerprint density at radius 2 is 1.65 bits per heavy atom. The van der Waals surface area contributed by atoms with Gasteiger partial charge in [0.25, 0.3) is 0 Å². The third-order valence-electron chi connectivity index (χ3n) is 7.04. The Balaban J connectivity index is 3.50. The van der Waals surface area contributed by atoms with Crippen LogP contribution in [0.3, 0.4) is 0 Å². The maximum atomic E-state index is 14.4. The predicted octanol–water partition coefficient (Wildman–Crippen LogP) is 7.42. The molecule has 0 aliphatic rings. The van der Waals surface area contributed by atoms with Crippen LogP contribution >= 0.6 is 0 Å². The number of rotatable bonds is 18. The standard InChI is InChI=1S/C33H55N3O4/c1-9-13-15-16-18-23-36(31(38)28(25(5)11-3)35-32(39)40-33(6,7)8)29(30(37)34-22-17-14-10-2)27-21-19-20-26(12-4)24-27/h12,19-21,24-25,28-29H,4,9-11,13-18,22-23H2,1-3,5-8H3,(H,34,37)(H,35,39). The van der Waals surface area contributed by atoms with Crippen LogP contribution in [0, 0.1) is 5.92 Å². The summed E-state index contributed by atoms with van der Waals surface area (Å²) in [5, 5.41) is 5.93. The highest BCUT2D eigenvalue weighted by atomic mass is 16.6. The summed E-state index contributed by atoms with van der Waals surface area (Å²) in [7, 11) is 0. The van der Waals surface area contributed by atoms with E-state index >= 15 is 0 Å². The molecule has 0 heterocycles. The van der Waals surface area contributed by atoms with Crippen LogP contribution < -0.4 is 10.6 Å². The number of alkyl carbamates (subject to hydrolysis) is 1. The first-order chi connectivity index (χ1) is 19.0. The lowest BCUT2D eigenvalue weighted by molar-refractivity contribution is -0.143. The lowest BCUT2D eigenvalue weighted by Crippen LogP contribution is -2.55. The Bertz CT molecular complexity index is 925. The molecule has 0 saturated carbocycles. The molecule has 1 aromatic rings. The highest BCUT2D eigenvalue weighted by Crippen LogP contribution is 2.26. The van der Waals surface area contributed by atoms with Crippen LogP contribution in [-0.4, -0.2) is 47.5 Å². The predicted molar refractivity (Wildman–Crippen MR) is 165 cm³/mol. The molecule has 7 heteroatoms. The van der Waals surface area contributed by atoms with Gasteiger partial charge in [0.15, 0.2) is 0 Å². The number of hydrogen-bond acceptors (Lipinski definition) is 4. The van der Waals surface area contributed by atoms with E-state index in [1.165, 1.54) is 0 Å². The Hall–Kier alpha value is -2.83. The van der Waals surface area contributed by atoms with Crippen molar-refractivity contribution in [1.82, 2.24) is 15.5 Å². The second-order valence-electron chi connectivity index (χ2n) is 11.7. The summed E-state index contributed by atoms with van der Waals surface area (Å²) in [6.45, 7) is 18.4. The number of ether oxygens (including phenoxy) is 1. The fraction of sp³-hybridized carbons (Fsp3) is 0.667. The lowest BCUT2D eigenvalue weighted by atomic mass is 9.95. The van der Waals surface area contributed by atoms with Gasteiger partial charge >= 0.3 is 6.09 Å². The van der Waals surface area contributed by atoms with Crippen molar-refractivity contribution in [3.05, 3.63) is 42.0 Å². The van der Waals surface area contributed by atoms with Crippen LogP contribution in [0.4, 0.5) is 4.79 Å². The first-order valence-electron chi connectivity index (χ1n) is 15.3. The summed E-state index contributed by atoms with van der Waals surface area (Å²) >= 11 is 0. The number of nitrogens with one attached hydrogen (secondary N) is 2. The van der Waals surface area contributed by atoms with Gasteiger partial charge in [-0.05, 0) is 56.7 Å². The van der Waals surface area contributed by atoms with Crippen molar-refractivity contribution in [3.8, 4) is 0 Å². The molecule has 2 N–H and O–H groups in total. The molecule has 1 aromatic carbocycles. The first kappa shape index (κ1) is 35.2. The smallest absolute Gasteiger partial charge is 0.408 e. The molecule has 0 bridgehead atoms. The summed E-state index contributed by atoms with van der Waals surface area (Å²) in [5.74, 6) is -0.636. The zero-order valence-electron chi connectivity index (χ0n) is 26.2. The van der Waals surface area contributed by atoms with Gasteiger partial charge < -0.3 is 20.3 Å². The minimum Gasteiger partial charge on any atom is -0.444 e. The summed E-state index contributed by atoms with van der Waals surface area (Å²) in [4.78, 5) is 42.7. The van der Waals surface area contributed by atoms with Crippen molar-refractivity contribution < 1.29 is 19.1 Å². The number of carbonyl (C=O) groups is 3. The van der Waals surface area contributed by atoms with Gasteiger partial charge in [0, 0.05) is 13.1 Å². The zero-order chi connectivity index (χ0) is 30.1. The summed E-state index contributed by atoms with van der Waals surface area (Å²) in [5.41, 5.74) is 0.910. The molecule has 3 atom stereocenters. The van der Waals surface area contributed by atoms with Crippen molar-refractivity contribution in [1.29, 1.82) is 0 Å². The van der Waals surface area contributed by atoms with Gasteiger partial charge in [0.2, 0.25) is 11.8 Å². The number of hydrogen-bond donors (Lipinski definition) is 2. The first-order valence-corrected chi connectivity index (χ1v) is 15.3. The van der Waals surface area contributed by atoms with E-state index in [9.17, 15) is 14.4 Å². The second-order valence-corrected chi connectivity index (χ2v) is 11.7. The number of amides is 3. The van der Waals surface area contributed by atoms with Crippen LogP contribution in [-0.2, 0) is 14.3 Å². The normalized spacial score (nSPS) is 13.6. The summed E-state index contributed by atoms with van der Waals surface area (Å²) in [6.07, 6.45) is 9.79. The number of benzene rings is 1. The van der Waals surface area contributed by atoms with Crippen molar-refractivity contribution in [2.75, 3.05) is 13.1 Å². The largest absolute Gasteiger partial charge is 0.444 e. The number of unbranched alkanes of at least 4 members (excludes halogenated alkanes) is 6. The molecule has 40 heavy (non-hydrogen) atoms. The molecule has 0 saturated heterocycles. The van der Waals surface area contributed by atoms with Crippen LogP contribution in [0.15, 0.2) is 30.8 Å². The molecule has 3 unspecified atom stereocenters. The van der Waals surface area contributed by atoms with Gasteiger partial charge in [-0.25, -0.2) is 4.79 Å². The third kappa shape index (κ3) is 12.6. The minimum absolute atomic E-state index is 0.157. The maximum absolute atomic E-state index is 14.4. The summed E-state index contributed by atoms with van der Waals surface area (Å²) < 4.78 is 5.51. The fourth-order valence-electron chi connectivity index (χ4n) is 4.56. The van der Waals surface area contributed by atoms with Gasteiger partial charge in [-0.15, -0.1) is 0 Å². The third-order valence-corrected chi connectivity index (χ3v) is 7.04. The zero-order valence-corrected chi connectivity index (χ0v) is 26.2. The van der Waals surface area contributed by atoms with Crippen LogP contribution in [0.25, 0.3) is 6.08 Å². The monoisotopic (exact) mass is 557 g/mol. The molecule has 0 aliphatic carbocycles. The maximum Gasteiger partial charge on any atom is 0.408 e. The van der Waals surface area contributed by atoms with E-state index in [-0.39, 0.29) is 17.7 Å². The van der Waals surface area contributed by atoms with Crippen molar-refractivity contribution in [3.63, 3.8) is 0 Å². The molecular weight excluding hydrogens is 502 g/mol. The van der Waals surface area contributed by atoms with Crippen molar-refractivity contribution >= 4 is 24.0 Å². The van der Waals surface area contributed by atoms with Crippen LogP contribution in [0.1, 0.15) is 123 Å². The van der Waals surface area contributed by atoms with E-state index in [0.29, 0.717) is 19.5 Å². The van der Waals surface area contributed by atoms with E-state index in [1.54, 1.807) is 31.7 Å². The molecule has 7 nitrogen and oxygen atoms in total. The highest BCUT2D eigenvalue weighted by molar-refractivity contribution is 5.92. The van der Waals surface area contributed by atoms with Crippen molar-refractivity contribution in [2.24, 2.45) is 5.92 Å². The molecule has 0 radical (unpaired) electrons. The fourth-order valence-corrected chi connectivity index (χ4v) is 4.56. The Morgan fingerprint density at radius 3 is 2.25 bits per heavy atom. The van der Waals surface area contributed by atoms with E-state index < -0.39 is 23.8 Å². The van der Waals surface area contributed by atoms with E-state index in [4.69, 9.17) is 4.74 Å². The van der Waals surface area contributed by atoms with Gasteiger partial charge in [0.1, 0.15) is 17.7 Å². The average Bonchev–Trinajstić information content (AvgIpc) is 2.91. The van der Waals surface area contributed by atoms with Gasteiger partial charge in [-0.3, -0.25) is 9.59 Å². The van der Waals surface area contributed by atoms with Crippen molar-refractivity contribution in [2.45, 2.75) is 124 Å². The Labute approximate surface area is 243 Å². The molecule has 0 fully saturated rings. The van der Waals surface area contributed by atoms with Crippen LogP contribution in [0.5, 0.6) is 0 Å². The molecule has 0 spiro atoms. The SMILES string of the molecule is C=Cc1cccc(C(C(=O)NCCCCC)N(CCCCCCC)C(=O)C(NC(=O)OC(C)(C)C)C(C)CC)c1. The Kier molecular flexibility index (Phi) is 16.3. The van der Waals surface area contributed by atoms with Gasteiger partial charge in [-0.1, -0.05) is 103 Å². The van der Waals surface area contributed by atoms with Crippen LogP contribution in [0.2, 0.25) is 0 Å². The second kappa shape index (κ2) is 18.5. The van der Waals surface area contributed by atoms with E-state index in [0.717, 1.165) is 62.5 Å². The molecule has 226 valence electrons. The quantitative estimate of drug-likeness (QED) is 0.184. The van der Waals surface area contributed by atoms with Gasteiger partial charge in [0.05, 0.1) is 0 Å². The molecule has 3 amide bonds. The number of carbonyl (C=O) groups excluding carboxylic acids is 3. The Morgan fingerprint density at radius 1 is 1.00 bits per heavy atom. The molecular formula is C33H55N3O4. The average molecular weight is 558 g/mol. The topological polar surface area (TPSA) is 87.7 Å². The molecule has 1 rings (SSSR count). The lowest BCUT2D eigenvalue weighted by Gasteiger charge is -2.36. The molecule has 0 aliphatic heterocycles. The van der Waals surface area contributed by atoms with Gasteiger partial charge in [-0.2, -0.15) is 0 Å².